The zero-order valence-electron chi connectivity index (χ0n) is 20.6. The zero-order chi connectivity index (χ0) is 26.8. The fourth-order valence-electron chi connectivity index (χ4n) is 3.37. The molecule has 0 saturated carbocycles. The van der Waals surface area contributed by atoms with Gasteiger partial charge in [0.2, 0.25) is 0 Å². The first-order valence-corrected chi connectivity index (χ1v) is 13.2. The van der Waals surface area contributed by atoms with Gasteiger partial charge in [-0.25, -0.2) is 5.43 Å². The highest BCUT2D eigenvalue weighted by Crippen LogP contribution is 2.29. The Morgan fingerprint density at radius 3 is 2.21 bits per heavy atom. The van der Waals surface area contributed by atoms with Crippen molar-refractivity contribution in [2.45, 2.75) is 18.4 Å². The van der Waals surface area contributed by atoms with Crippen LogP contribution in [-0.4, -0.2) is 27.1 Å². The third-order valence-electron chi connectivity index (χ3n) is 5.24. The Balaban J connectivity index is 1.35. The average Bonchev–Trinajstić information content (AvgIpc) is 2.94. The van der Waals surface area contributed by atoms with E-state index in [2.05, 4.69) is 10.5 Å². The Morgan fingerprint density at radius 1 is 0.842 bits per heavy atom. The molecule has 0 spiro atoms. The van der Waals surface area contributed by atoms with Crippen LogP contribution in [0.25, 0.3) is 0 Å². The summed E-state index contributed by atoms with van der Waals surface area (Å²) in [6.07, 6.45) is 1.44. The van der Waals surface area contributed by atoms with Crippen LogP contribution in [0.3, 0.4) is 0 Å². The van der Waals surface area contributed by atoms with Crippen molar-refractivity contribution in [3.8, 4) is 17.2 Å². The number of hydrogen-bond donors (Lipinski definition) is 1. The second kappa shape index (κ2) is 12.6. The van der Waals surface area contributed by atoms with Gasteiger partial charge >= 0.3 is 10.1 Å². The molecule has 0 fully saturated rings. The van der Waals surface area contributed by atoms with E-state index in [1.54, 1.807) is 48.5 Å². The Morgan fingerprint density at radius 2 is 1.53 bits per heavy atom. The van der Waals surface area contributed by atoms with Gasteiger partial charge in [0, 0.05) is 5.56 Å². The molecule has 194 valence electrons. The number of nitrogens with one attached hydrogen (secondary N) is 1. The minimum atomic E-state index is -3.92. The minimum Gasteiger partial charge on any atom is -0.490 e. The monoisotopic (exact) mass is 530 g/mol. The summed E-state index contributed by atoms with van der Waals surface area (Å²) in [7, 11) is -3.92. The second-order valence-corrected chi connectivity index (χ2v) is 9.53. The average molecular weight is 531 g/mol. The highest BCUT2D eigenvalue weighted by molar-refractivity contribution is 7.87. The van der Waals surface area contributed by atoms with Crippen LogP contribution in [0.4, 0.5) is 0 Å². The van der Waals surface area contributed by atoms with Crippen molar-refractivity contribution < 1.29 is 26.9 Å². The highest BCUT2D eigenvalue weighted by atomic mass is 32.2. The van der Waals surface area contributed by atoms with E-state index in [1.165, 1.54) is 30.5 Å². The van der Waals surface area contributed by atoms with E-state index in [0.717, 1.165) is 5.56 Å². The summed E-state index contributed by atoms with van der Waals surface area (Å²) >= 11 is 0. The van der Waals surface area contributed by atoms with Crippen LogP contribution in [0, 0.1) is 0 Å². The van der Waals surface area contributed by atoms with Gasteiger partial charge in [0.25, 0.3) is 5.91 Å². The predicted octanol–water partition coefficient (Wildman–Crippen LogP) is 5.20. The third kappa shape index (κ3) is 7.21. The van der Waals surface area contributed by atoms with Gasteiger partial charge in [-0.05, 0) is 72.6 Å². The first kappa shape index (κ1) is 26.4. The molecule has 4 rings (SSSR count). The number of nitrogens with zero attached hydrogens (tertiary/aromatic N) is 1. The summed E-state index contributed by atoms with van der Waals surface area (Å²) in [5, 5.41) is 3.99. The number of amides is 1. The number of ether oxygens (including phenoxy) is 2. The zero-order valence-corrected chi connectivity index (χ0v) is 21.4. The van der Waals surface area contributed by atoms with Crippen LogP contribution in [0.15, 0.2) is 113 Å². The Hall–Kier alpha value is -4.63. The molecule has 9 heteroatoms. The lowest BCUT2D eigenvalue weighted by atomic mass is 10.2. The van der Waals surface area contributed by atoms with Crippen LogP contribution in [0.1, 0.15) is 28.4 Å². The maximum atomic E-state index is 12.6. The van der Waals surface area contributed by atoms with Crippen molar-refractivity contribution >= 4 is 22.2 Å². The summed E-state index contributed by atoms with van der Waals surface area (Å²) in [5.41, 5.74) is 4.48. The van der Waals surface area contributed by atoms with E-state index >= 15 is 0 Å². The normalized spacial score (nSPS) is 11.2. The molecule has 0 aromatic heterocycles. The van der Waals surface area contributed by atoms with Crippen LogP contribution in [0.5, 0.6) is 17.2 Å². The lowest BCUT2D eigenvalue weighted by molar-refractivity contribution is 0.0954. The van der Waals surface area contributed by atoms with Crippen LogP contribution in [0.2, 0.25) is 0 Å². The van der Waals surface area contributed by atoms with Crippen LogP contribution >= 0.6 is 0 Å². The molecule has 4 aromatic rings. The minimum absolute atomic E-state index is 0.0663. The molecule has 0 saturated heterocycles. The number of carbonyl (C=O) groups excluding carboxylic acids is 1. The molecule has 0 bridgehead atoms. The summed E-state index contributed by atoms with van der Waals surface area (Å²) in [5.74, 6) is 0.729. The standard InChI is InChI=1S/C29H26N2O6S/c1-2-35-28-19-24(15-18-27(28)36-21-23-9-5-3-6-10-23)29(32)31-30-20-22-13-16-25(17-14-22)37-38(33,34)26-11-7-4-8-12-26/h3-20H,2,21H2,1H3,(H,31,32)/b30-20+. The Bertz CT molecular complexity index is 1490. The lowest BCUT2D eigenvalue weighted by Crippen LogP contribution is -2.17. The number of hydrazone groups is 1. The maximum Gasteiger partial charge on any atom is 0.339 e. The quantitative estimate of drug-likeness (QED) is 0.163. The predicted molar refractivity (Wildman–Crippen MR) is 144 cm³/mol. The van der Waals surface area contributed by atoms with E-state index in [0.29, 0.717) is 35.8 Å². The molecule has 0 aliphatic carbocycles. The fraction of sp³-hybridized carbons (Fsp3) is 0.103. The third-order valence-corrected chi connectivity index (χ3v) is 6.50. The summed E-state index contributed by atoms with van der Waals surface area (Å²) in [4.78, 5) is 12.7. The first-order valence-electron chi connectivity index (χ1n) is 11.8. The maximum absolute atomic E-state index is 12.6. The number of benzene rings is 4. The molecule has 0 unspecified atom stereocenters. The Kier molecular flexibility index (Phi) is 8.73. The first-order chi connectivity index (χ1) is 18.4. The van der Waals surface area contributed by atoms with E-state index in [1.807, 2.05) is 37.3 Å². The fourth-order valence-corrected chi connectivity index (χ4v) is 4.32. The molecule has 0 heterocycles. The van der Waals surface area contributed by atoms with E-state index in [4.69, 9.17) is 13.7 Å². The van der Waals surface area contributed by atoms with Gasteiger partial charge < -0.3 is 13.7 Å². The van der Waals surface area contributed by atoms with Gasteiger partial charge in [-0.15, -0.1) is 0 Å². The Labute approximate surface area is 221 Å². The van der Waals surface area contributed by atoms with Crippen LogP contribution < -0.4 is 19.1 Å². The van der Waals surface area contributed by atoms with Crippen LogP contribution in [-0.2, 0) is 16.7 Å². The van der Waals surface area contributed by atoms with Crippen molar-refractivity contribution in [2.75, 3.05) is 6.61 Å². The van der Waals surface area contributed by atoms with E-state index in [-0.39, 0.29) is 10.6 Å². The SMILES string of the molecule is CCOc1cc(C(=O)N/N=C/c2ccc(OS(=O)(=O)c3ccccc3)cc2)ccc1OCc1ccccc1. The largest absolute Gasteiger partial charge is 0.490 e. The van der Waals surface area contributed by atoms with E-state index < -0.39 is 16.0 Å². The van der Waals surface area contributed by atoms with Crippen molar-refractivity contribution in [1.82, 2.24) is 5.43 Å². The molecule has 1 N–H and O–H groups in total. The number of hydrogen-bond acceptors (Lipinski definition) is 7. The van der Waals surface area contributed by atoms with Gasteiger partial charge in [-0.2, -0.15) is 13.5 Å². The molecule has 38 heavy (non-hydrogen) atoms. The highest BCUT2D eigenvalue weighted by Gasteiger charge is 2.16. The van der Waals surface area contributed by atoms with Crippen molar-refractivity contribution in [1.29, 1.82) is 0 Å². The van der Waals surface area contributed by atoms with Gasteiger partial charge in [-0.3, -0.25) is 4.79 Å². The molecule has 8 nitrogen and oxygen atoms in total. The van der Waals surface area contributed by atoms with Gasteiger partial charge in [-0.1, -0.05) is 48.5 Å². The van der Waals surface area contributed by atoms with Gasteiger partial charge in [0.05, 0.1) is 12.8 Å². The molecule has 0 aliphatic heterocycles. The summed E-state index contributed by atoms with van der Waals surface area (Å²) in [6, 6.07) is 28.8. The van der Waals surface area contributed by atoms with Crippen molar-refractivity contribution in [3.63, 3.8) is 0 Å². The summed E-state index contributed by atoms with van der Waals surface area (Å²) in [6.45, 7) is 2.64. The number of carbonyl (C=O) groups is 1. The molecule has 0 aliphatic rings. The molecule has 0 atom stereocenters. The van der Waals surface area contributed by atoms with Gasteiger partial charge in [0.15, 0.2) is 11.5 Å². The molecule has 1 amide bonds. The summed E-state index contributed by atoms with van der Waals surface area (Å²) < 4.78 is 41.4. The topological polar surface area (TPSA) is 103 Å². The number of rotatable bonds is 11. The smallest absolute Gasteiger partial charge is 0.339 e. The molecular formula is C29H26N2O6S. The molecule has 4 aromatic carbocycles. The van der Waals surface area contributed by atoms with Gasteiger partial charge in [0.1, 0.15) is 17.3 Å². The molecule has 0 radical (unpaired) electrons. The van der Waals surface area contributed by atoms with Crippen molar-refractivity contribution in [3.05, 3.63) is 120 Å². The molecular weight excluding hydrogens is 504 g/mol. The lowest BCUT2D eigenvalue weighted by Gasteiger charge is -2.13. The second-order valence-electron chi connectivity index (χ2n) is 7.99. The van der Waals surface area contributed by atoms with E-state index in [9.17, 15) is 13.2 Å². The van der Waals surface area contributed by atoms with Crippen molar-refractivity contribution in [2.24, 2.45) is 5.10 Å².